The first-order chi connectivity index (χ1) is 14.0. The lowest BCUT2D eigenvalue weighted by atomic mass is 10.2. The molecule has 2 aromatic rings. The molecule has 0 spiro atoms. The average Bonchev–Trinajstić information content (AvgIpc) is 3.28. The molecule has 12 heteroatoms. The Morgan fingerprint density at radius 3 is 2.52 bits per heavy atom. The fourth-order valence-electron chi connectivity index (χ4n) is 2.97. The molecule has 2 aromatic heterocycles. The fourth-order valence-corrected chi connectivity index (χ4v) is 4.33. The summed E-state index contributed by atoms with van der Waals surface area (Å²) in [4.78, 5) is 18.6. The van der Waals surface area contributed by atoms with Crippen molar-refractivity contribution in [2.75, 3.05) is 58.7 Å². The Bertz CT molecular complexity index is 879. The number of ether oxygens (including phenoxy) is 1. The topological polar surface area (TPSA) is 123 Å². The van der Waals surface area contributed by atoms with Gasteiger partial charge in [-0.3, -0.25) is 14.3 Å². The molecule has 3 heterocycles. The van der Waals surface area contributed by atoms with E-state index in [9.17, 15) is 13.2 Å². The van der Waals surface area contributed by atoms with Gasteiger partial charge in [0.25, 0.3) is 5.91 Å². The number of sulfonamides is 1. The van der Waals surface area contributed by atoms with Crippen LogP contribution in [-0.4, -0.2) is 102 Å². The van der Waals surface area contributed by atoms with E-state index in [-0.39, 0.29) is 18.3 Å². The van der Waals surface area contributed by atoms with Gasteiger partial charge in [0, 0.05) is 52.6 Å². The molecule has 1 fully saturated rings. The molecule has 0 unspecified atom stereocenters. The summed E-state index contributed by atoms with van der Waals surface area (Å²) in [6, 6.07) is 3.42. The summed E-state index contributed by atoms with van der Waals surface area (Å²) in [5.41, 5.74) is 0.468. The Labute approximate surface area is 169 Å². The molecule has 0 aromatic carbocycles. The van der Waals surface area contributed by atoms with Gasteiger partial charge in [0.05, 0.1) is 17.9 Å². The summed E-state index contributed by atoms with van der Waals surface area (Å²) in [6.07, 6.45) is 4.57. The summed E-state index contributed by atoms with van der Waals surface area (Å²) in [5.74, 6) is 0.433. The van der Waals surface area contributed by atoms with Crippen molar-refractivity contribution in [2.45, 2.75) is 0 Å². The third-order valence-electron chi connectivity index (χ3n) is 4.68. The Morgan fingerprint density at radius 2 is 1.90 bits per heavy atom. The fraction of sp³-hybridized carbons (Fsp3) is 0.529. The number of methoxy groups -OCH3 is 1. The highest BCUT2D eigenvalue weighted by Gasteiger charge is 2.26. The quantitative estimate of drug-likeness (QED) is 0.544. The van der Waals surface area contributed by atoms with Crippen molar-refractivity contribution in [3.8, 4) is 5.82 Å². The molecular formula is C17H25N7O4S. The summed E-state index contributed by atoms with van der Waals surface area (Å²) in [7, 11) is -1.77. The maximum atomic E-state index is 12.3. The zero-order valence-electron chi connectivity index (χ0n) is 16.3. The number of hydrogen-bond acceptors (Lipinski definition) is 8. The van der Waals surface area contributed by atoms with E-state index in [1.807, 2.05) is 0 Å². The van der Waals surface area contributed by atoms with Gasteiger partial charge in [-0.1, -0.05) is 0 Å². The highest BCUT2D eigenvalue weighted by Crippen LogP contribution is 2.08. The van der Waals surface area contributed by atoms with Crippen molar-refractivity contribution in [2.24, 2.45) is 0 Å². The van der Waals surface area contributed by atoms with E-state index in [0.29, 0.717) is 50.6 Å². The molecule has 11 nitrogen and oxygen atoms in total. The van der Waals surface area contributed by atoms with Gasteiger partial charge < -0.3 is 10.1 Å². The van der Waals surface area contributed by atoms with Crippen molar-refractivity contribution in [3.05, 3.63) is 36.5 Å². The molecular weight excluding hydrogens is 398 g/mol. The second-order valence-electron chi connectivity index (χ2n) is 6.58. The first-order valence-corrected chi connectivity index (χ1v) is 10.9. The summed E-state index contributed by atoms with van der Waals surface area (Å²) >= 11 is 0. The van der Waals surface area contributed by atoms with E-state index in [4.69, 9.17) is 4.74 Å². The van der Waals surface area contributed by atoms with Crippen molar-refractivity contribution < 1.29 is 17.9 Å². The minimum Gasteiger partial charge on any atom is -0.384 e. The standard InChI is InChI=1S/C17H25N7O4S/c1-28-10-11-29(26,27)24-8-6-22(7-9-24)5-4-18-17(25)15-2-3-16(19-12-15)23-13-20-21-14-23/h2-3,12-14H,4-11H2,1H3,(H,18,25). The Hall–Kier alpha value is -2.41. The third-order valence-corrected chi connectivity index (χ3v) is 6.51. The third kappa shape index (κ3) is 5.79. The van der Waals surface area contributed by atoms with Crippen molar-refractivity contribution in [3.63, 3.8) is 0 Å². The number of carbonyl (C=O) groups excluding carboxylic acids is 1. The van der Waals surface area contributed by atoms with Crippen LogP contribution in [0.4, 0.5) is 0 Å². The van der Waals surface area contributed by atoms with Crippen LogP contribution in [0.3, 0.4) is 0 Å². The Morgan fingerprint density at radius 1 is 1.17 bits per heavy atom. The predicted molar refractivity (Wildman–Crippen MR) is 105 cm³/mol. The van der Waals surface area contributed by atoms with E-state index in [0.717, 1.165) is 0 Å². The smallest absolute Gasteiger partial charge is 0.252 e. The van der Waals surface area contributed by atoms with Crippen LogP contribution in [0.15, 0.2) is 31.0 Å². The van der Waals surface area contributed by atoms with Crippen LogP contribution >= 0.6 is 0 Å². The first kappa shape index (κ1) is 21.3. The van der Waals surface area contributed by atoms with E-state index >= 15 is 0 Å². The maximum absolute atomic E-state index is 12.3. The minimum atomic E-state index is -3.26. The number of piperazine rings is 1. The summed E-state index contributed by atoms with van der Waals surface area (Å²) in [6.45, 7) is 3.51. The molecule has 0 atom stereocenters. The molecule has 1 aliphatic heterocycles. The highest BCUT2D eigenvalue weighted by atomic mass is 32.2. The van der Waals surface area contributed by atoms with Crippen LogP contribution in [0.25, 0.3) is 5.82 Å². The van der Waals surface area contributed by atoms with Crippen LogP contribution < -0.4 is 5.32 Å². The zero-order chi connectivity index (χ0) is 20.7. The van der Waals surface area contributed by atoms with Crippen LogP contribution in [0.5, 0.6) is 0 Å². The van der Waals surface area contributed by atoms with Crippen LogP contribution in [-0.2, 0) is 14.8 Å². The number of aromatic nitrogens is 4. The van der Waals surface area contributed by atoms with Gasteiger partial charge in [0.2, 0.25) is 10.0 Å². The zero-order valence-corrected chi connectivity index (χ0v) is 17.1. The molecule has 0 aliphatic carbocycles. The minimum absolute atomic E-state index is 0.00371. The number of rotatable bonds is 9. The first-order valence-electron chi connectivity index (χ1n) is 9.28. The van der Waals surface area contributed by atoms with Gasteiger partial charge in [-0.2, -0.15) is 4.31 Å². The molecule has 29 heavy (non-hydrogen) atoms. The molecule has 1 N–H and O–H groups in total. The largest absolute Gasteiger partial charge is 0.384 e. The molecule has 1 aliphatic rings. The van der Waals surface area contributed by atoms with E-state index in [1.165, 1.54) is 30.3 Å². The molecule has 0 radical (unpaired) electrons. The van der Waals surface area contributed by atoms with Gasteiger partial charge in [-0.15, -0.1) is 10.2 Å². The second-order valence-corrected chi connectivity index (χ2v) is 8.67. The number of amides is 1. The SMILES string of the molecule is COCCS(=O)(=O)N1CCN(CCNC(=O)c2ccc(-n3cnnc3)nc2)CC1. The maximum Gasteiger partial charge on any atom is 0.252 e. The summed E-state index contributed by atoms with van der Waals surface area (Å²) < 4.78 is 32.3. The normalized spacial score (nSPS) is 16.0. The molecule has 1 amide bonds. The lowest BCUT2D eigenvalue weighted by Gasteiger charge is -2.33. The van der Waals surface area contributed by atoms with Crippen molar-refractivity contribution in [1.82, 2.24) is 34.3 Å². The number of nitrogens with zero attached hydrogens (tertiary/aromatic N) is 6. The van der Waals surface area contributed by atoms with Gasteiger partial charge in [-0.25, -0.2) is 13.4 Å². The number of carbonyl (C=O) groups is 1. The lowest BCUT2D eigenvalue weighted by Crippen LogP contribution is -2.50. The van der Waals surface area contributed by atoms with Gasteiger partial charge in [-0.05, 0) is 12.1 Å². The van der Waals surface area contributed by atoms with E-state index in [1.54, 1.807) is 16.7 Å². The van der Waals surface area contributed by atoms with Gasteiger partial charge in [0.15, 0.2) is 0 Å². The van der Waals surface area contributed by atoms with Crippen LogP contribution in [0.2, 0.25) is 0 Å². The highest BCUT2D eigenvalue weighted by molar-refractivity contribution is 7.89. The molecule has 0 bridgehead atoms. The average molecular weight is 423 g/mol. The van der Waals surface area contributed by atoms with E-state index in [2.05, 4.69) is 25.4 Å². The van der Waals surface area contributed by atoms with E-state index < -0.39 is 10.0 Å². The Balaban J connectivity index is 1.40. The number of hydrogen-bond donors (Lipinski definition) is 1. The van der Waals surface area contributed by atoms with Gasteiger partial charge in [0.1, 0.15) is 18.5 Å². The van der Waals surface area contributed by atoms with Crippen LogP contribution in [0, 0.1) is 0 Å². The van der Waals surface area contributed by atoms with Crippen molar-refractivity contribution >= 4 is 15.9 Å². The summed E-state index contributed by atoms with van der Waals surface area (Å²) in [5, 5.41) is 10.3. The van der Waals surface area contributed by atoms with Crippen LogP contribution in [0.1, 0.15) is 10.4 Å². The molecule has 0 saturated carbocycles. The Kier molecular flexibility index (Phi) is 7.25. The predicted octanol–water partition coefficient (Wildman–Crippen LogP) is -1.01. The molecule has 1 saturated heterocycles. The second kappa shape index (κ2) is 9.87. The number of nitrogens with one attached hydrogen (secondary N) is 1. The van der Waals surface area contributed by atoms with Gasteiger partial charge >= 0.3 is 0 Å². The molecule has 158 valence electrons. The lowest BCUT2D eigenvalue weighted by molar-refractivity contribution is 0.0944. The number of pyridine rings is 1. The monoisotopic (exact) mass is 423 g/mol. The molecule has 3 rings (SSSR count). The van der Waals surface area contributed by atoms with Crippen molar-refractivity contribution in [1.29, 1.82) is 0 Å².